The number of piperidine rings is 1. The Morgan fingerprint density at radius 2 is 1.71 bits per heavy atom. The number of carbonyl (C=O) groups is 1. The number of benzene rings is 2. The Kier molecular flexibility index (Phi) is 8.11. The first-order chi connectivity index (χ1) is 17.9. The fourth-order valence-corrected chi connectivity index (χ4v) is 6.14. The van der Waals surface area contributed by atoms with Gasteiger partial charge in [-0.2, -0.15) is 5.21 Å². The van der Waals surface area contributed by atoms with Gasteiger partial charge in [0.05, 0.1) is 37.6 Å². The SMILES string of the molecule is C[N+]1(C)CCC(Cc2ccc(-c3ccc(C4CNC4)cc3)c(-c3nn[nH]n3)c2S(N)(=O)=O)CC1.O=C(O)O. The average Bonchev–Trinajstić information content (AvgIpc) is 3.33. The fourth-order valence-electron chi connectivity index (χ4n) is 5.14. The zero-order valence-electron chi connectivity index (χ0n) is 21.5. The second-order valence-corrected chi connectivity index (χ2v) is 12.0. The van der Waals surface area contributed by atoms with E-state index in [1.54, 1.807) is 0 Å². The van der Waals surface area contributed by atoms with Crippen LogP contribution in [-0.4, -0.2) is 90.2 Å². The summed E-state index contributed by atoms with van der Waals surface area (Å²) in [5, 5.41) is 37.5. The number of rotatable bonds is 6. The first-order valence-corrected chi connectivity index (χ1v) is 14.0. The number of likely N-dealkylation sites (tertiary alicyclic amines) is 1. The molecule has 0 saturated carbocycles. The van der Waals surface area contributed by atoms with Crippen LogP contribution in [0.1, 0.15) is 29.9 Å². The summed E-state index contributed by atoms with van der Waals surface area (Å²) in [5.74, 6) is 1.16. The molecule has 0 radical (unpaired) electrons. The molecule has 2 fully saturated rings. The van der Waals surface area contributed by atoms with Crippen LogP contribution in [0, 0.1) is 5.92 Å². The van der Waals surface area contributed by atoms with Crippen molar-refractivity contribution in [2.45, 2.75) is 30.1 Å². The van der Waals surface area contributed by atoms with Crippen molar-refractivity contribution in [2.24, 2.45) is 11.1 Å². The molecular weight excluding hydrogens is 510 g/mol. The summed E-state index contributed by atoms with van der Waals surface area (Å²) in [5.41, 5.74) is 4.03. The maximum Gasteiger partial charge on any atom is 0.503 e. The predicted molar refractivity (Wildman–Crippen MR) is 141 cm³/mol. The van der Waals surface area contributed by atoms with Crippen molar-refractivity contribution < 1.29 is 27.9 Å². The summed E-state index contributed by atoms with van der Waals surface area (Å²) in [4.78, 5) is 8.66. The van der Waals surface area contributed by atoms with Crippen LogP contribution in [0.3, 0.4) is 0 Å². The Balaban J connectivity index is 0.000000786. The Hall–Kier alpha value is -3.39. The number of aromatic amines is 1. The standard InChI is InChI=1S/C24H32N7O2S.CH2O3/c1-31(2)11-9-16(10-12-31)13-19-7-8-21(18-5-3-17(4-6-18)20-14-26-15-20)22(23(19)34(25,32)33)24-27-29-30-28-24;2-1(3)4/h3-8,16,20,26H,9-15H2,1-2H3,(H2,25,32,33)(H,27,28,29,30);(H2,2,3,4)/q+1;. The van der Waals surface area contributed by atoms with Crippen molar-refractivity contribution in [1.82, 2.24) is 25.9 Å². The molecule has 0 atom stereocenters. The van der Waals surface area contributed by atoms with Gasteiger partial charge >= 0.3 is 6.16 Å². The maximum absolute atomic E-state index is 13.0. The molecule has 3 heterocycles. The molecule has 2 saturated heterocycles. The topological polar surface area (TPSA) is 184 Å². The summed E-state index contributed by atoms with van der Waals surface area (Å²) < 4.78 is 26.9. The van der Waals surface area contributed by atoms with Crippen LogP contribution in [0.4, 0.5) is 4.79 Å². The minimum Gasteiger partial charge on any atom is -0.450 e. The lowest BCUT2D eigenvalue weighted by molar-refractivity contribution is -0.896. The molecule has 0 amide bonds. The minimum absolute atomic E-state index is 0.109. The third-order valence-electron chi connectivity index (χ3n) is 7.36. The zero-order chi connectivity index (χ0) is 27.5. The van der Waals surface area contributed by atoms with Gasteiger partial charge in [0.1, 0.15) is 0 Å². The molecule has 0 bridgehead atoms. The number of nitrogens with zero attached hydrogens (tertiary/aromatic N) is 4. The van der Waals surface area contributed by atoms with Crippen LogP contribution < -0.4 is 10.5 Å². The highest BCUT2D eigenvalue weighted by molar-refractivity contribution is 7.89. The molecular formula is C25H34N7O5S+. The van der Waals surface area contributed by atoms with E-state index < -0.39 is 16.2 Å². The summed E-state index contributed by atoms with van der Waals surface area (Å²) >= 11 is 0. The molecule has 6 N–H and O–H groups in total. The first-order valence-electron chi connectivity index (χ1n) is 12.4. The molecule has 2 aliphatic rings. The van der Waals surface area contributed by atoms with E-state index in [4.69, 9.17) is 20.1 Å². The molecule has 1 aromatic heterocycles. The van der Waals surface area contributed by atoms with E-state index >= 15 is 0 Å². The molecule has 5 rings (SSSR count). The van der Waals surface area contributed by atoms with Crippen molar-refractivity contribution in [2.75, 3.05) is 40.3 Å². The van der Waals surface area contributed by atoms with Crippen molar-refractivity contribution in [1.29, 1.82) is 0 Å². The van der Waals surface area contributed by atoms with Crippen LogP contribution >= 0.6 is 0 Å². The molecule has 204 valence electrons. The second-order valence-electron chi connectivity index (χ2n) is 10.5. The van der Waals surface area contributed by atoms with Crippen molar-refractivity contribution >= 4 is 16.2 Å². The number of nitrogens with two attached hydrogens (primary N) is 1. The molecule has 2 aromatic carbocycles. The Morgan fingerprint density at radius 3 is 2.21 bits per heavy atom. The quantitative estimate of drug-likeness (QED) is 0.290. The number of tetrazole rings is 1. The number of H-pyrrole nitrogens is 1. The van der Waals surface area contributed by atoms with E-state index in [2.05, 4.69) is 52.2 Å². The van der Waals surface area contributed by atoms with Crippen molar-refractivity contribution in [3.05, 3.63) is 47.5 Å². The van der Waals surface area contributed by atoms with E-state index in [-0.39, 0.29) is 10.7 Å². The highest BCUT2D eigenvalue weighted by Gasteiger charge is 2.31. The highest BCUT2D eigenvalue weighted by Crippen LogP contribution is 2.39. The lowest BCUT2D eigenvalue weighted by Gasteiger charge is -2.37. The Morgan fingerprint density at radius 1 is 1.08 bits per heavy atom. The number of aromatic nitrogens is 4. The van der Waals surface area contributed by atoms with Crippen LogP contribution in [0.5, 0.6) is 0 Å². The van der Waals surface area contributed by atoms with Gasteiger partial charge in [0.15, 0.2) is 0 Å². The van der Waals surface area contributed by atoms with E-state index in [1.807, 2.05) is 24.3 Å². The number of nitrogens with one attached hydrogen (secondary N) is 2. The Bertz CT molecular complexity index is 1360. The normalized spacial score (nSPS) is 17.8. The number of hydrogen-bond acceptors (Lipinski definition) is 7. The largest absolute Gasteiger partial charge is 0.503 e. The molecule has 38 heavy (non-hydrogen) atoms. The smallest absolute Gasteiger partial charge is 0.450 e. The van der Waals surface area contributed by atoms with Gasteiger partial charge < -0.3 is 20.0 Å². The second kappa shape index (κ2) is 11.2. The first kappa shape index (κ1) is 27.6. The highest BCUT2D eigenvalue weighted by atomic mass is 32.2. The molecule has 3 aromatic rings. The van der Waals surface area contributed by atoms with Gasteiger partial charge in [-0.15, -0.1) is 10.2 Å². The Labute approximate surface area is 221 Å². The van der Waals surface area contributed by atoms with Gasteiger partial charge in [-0.1, -0.05) is 36.4 Å². The van der Waals surface area contributed by atoms with Crippen LogP contribution in [0.15, 0.2) is 41.3 Å². The minimum atomic E-state index is -4.04. The lowest BCUT2D eigenvalue weighted by Crippen LogP contribution is -2.46. The van der Waals surface area contributed by atoms with Gasteiger partial charge in [-0.3, -0.25) is 0 Å². The van der Waals surface area contributed by atoms with E-state index in [1.165, 1.54) is 5.56 Å². The van der Waals surface area contributed by atoms with Crippen LogP contribution in [0.2, 0.25) is 0 Å². The van der Waals surface area contributed by atoms with E-state index in [0.717, 1.165) is 60.2 Å². The zero-order valence-corrected chi connectivity index (χ0v) is 22.3. The molecule has 0 unspecified atom stereocenters. The molecule has 2 aliphatic heterocycles. The maximum atomic E-state index is 13.0. The molecule has 12 nitrogen and oxygen atoms in total. The van der Waals surface area contributed by atoms with E-state index in [9.17, 15) is 8.42 Å². The van der Waals surface area contributed by atoms with Crippen molar-refractivity contribution in [3.63, 3.8) is 0 Å². The molecule has 0 spiro atoms. The number of carboxylic acid groups (broad SMARTS) is 2. The third kappa shape index (κ3) is 6.54. The predicted octanol–water partition coefficient (Wildman–Crippen LogP) is 2.12. The summed E-state index contributed by atoms with van der Waals surface area (Å²) in [6, 6.07) is 12.1. The number of primary sulfonamides is 1. The van der Waals surface area contributed by atoms with Gasteiger partial charge in [0.2, 0.25) is 15.8 Å². The number of quaternary nitrogens is 1. The van der Waals surface area contributed by atoms with Gasteiger partial charge in [-0.05, 0) is 52.6 Å². The van der Waals surface area contributed by atoms with Gasteiger partial charge in [0.25, 0.3) is 0 Å². The number of sulfonamides is 1. The molecule has 13 heteroatoms. The van der Waals surface area contributed by atoms with Crippen LogP contribution in [-0.2, 0) is 16.4 Å². The van der Waals surface area contributed by atoms with Crippen LogP contribution in [0.25, 0.3) is 22.5 Å². The summed E-state index contributed by atoms with van der Waals surface area (Å²) in [6.45, 7) is 4.12. The van der Waals surface area contributed by atoms with E-state index in [0.29, 0.717) is 23.8 Å². The molecule has 0 aliphatic carbocycles. The summed E-state index contributed by atoms with van der Waals surface area (Å²) in [6.07, 6.45) is 0.923. The van der Waals surface area contributed by atoms with Gasteiger partial charge in [-0.25, -0.2) is 18.4 Å². The fraction of sp³-hybridized carbons (Fsp3) is 0.440. The lowest BCUT2D eigenvalue weighted by atomic mass is 9.87. The monoisotopic (exact) mass is 544 g/mol. The summed E-state index contributed by atoms with van der Waals surface area (Å²) in [7, 11) is 0.431. The van der Waals surface area contributed by atoms with Crippen molar-refractivity contribution in [3.8, 4) is 22.5 Å². The van der Waals surface area contributed by atoms with Gasteiger partial charge in [0, 0.05) is 19.0 Å². The third-order valence-corrected chi connectivity index (χ3v) is 8.40. The number of hydrogen-bond donors (Lipinski definition) is 5. The average molecular weight is 545 g/mol.